The second kappa shape index (κ2) is 9.56. The summed E-state index contributed by atoms with van der Waals surface area (Å²) in [6, 6.07) is 20.1. The molecule has 9 heteroatoms. The van der Waals surface area contributed by atoms with Gasteiger partial charge in [-0.25, -0.2) is 8.42 Å². The normalized spacial score (nSPS) is 15.8. The third-order valence-corrected chi connectivity index (χ3v) is 6.99. The predicted molar refractivity (Wildman–Crippen MR) is 131 cm³/mol. The first-order valence-electron chi connectivity index (χ1n) is 10.7. The maximum atomic E-state index is 12.8. The van der Waals surface area contributed by atoms with Crippen molar-refractivity contribution in [3.05, 3.63) is 78.4 Å². The third-order valence-electron chi connectivity index (χ3n) is 5.60. The highest BCUT2D eigenvalue weighted by Crippen LogP contribution is 2.29. The Kier molecular flexibility index (Phi) is 6.56. The Morgan fingerprint density at radius 1 is 1.00 bits per heavy atom. The van der Waals surface area contributed by atoms with Crippen molar-refractivity contribution in [2.45, 2.75) is 18.2 Å². The van der Waals surface area contributed by atoms with Crippen LogP contribution in [0.2, 0.25) is 0 Å². The number of rotatable bonds is 7. The van der Waals surface area contributed by atoms with E-state index >= 15 is 0 Å². The number of methoxy groups -OCH3 is 1. The second-order valence-electron chi connectivity index (χ2n) is 8.09. The maximum Gasteiger partial charge on any atom is 0.261 e. The molecule has 1 atom stereocenters. The Labute approximate surface area is 198 Å². The number of carbonyl (C=O) groups is 2. The molecule has 2 N–H and O–H groups in total. The van der Waals surface area contributed by atoms with E-state index in [2.05, 4.69) is 10.0 Å². The summed E-state index contributed by atoms with van der Waals surface area (Å²) in [5.74, 6) is -0.268. The van der Waals surface area contributed by atoms with Crippen LogP contribution in [-0.2, 0) is 19.6 Å². The van der Waals surface area contributed by atoms with Gasteiger partial charge in [0, 0.05) is 36.1 Å². The molecule has 0 aromatic heterocycles. The van der Waals surface area contributed by atoms with E-state index in [-0.39, 0.29) is 29.7 Å². The Morgan fingerprint density at radius 2 is 1.68 bits per heavy atom. The van der Waals surface area contributed by atoms with Gasteiger partial charge in [-0.3, -0.25) is 14.3 Å². The van der Waals surface area contributed by atoms with Crippen molar-refractivity contribution >= 4 is 38.9 Å². The number of nitrogens with one attached hydrogen (secondary N) is 2. The lowest BCUT2D eigenvalue weighted by atomic mass is 10.1. The van der Waals surface area contributed by atoms with Crippen LogP contribution in [0, 0.1) is 12.8 Å². The highest BCUT2D eigenvalue weighted by molar-refractivity contribution is 7.92. The van der Waals surface area contributed by atoms with Crippen LogP contribution in [0.1, 0.15) is 12.0 Å². The fourth-order valence-corrected chi connectivity index (χ4v) is 4.77. The first-order chi connectivity index (χ1) is 16.2. The summed E-state index contributed by atoms with van der Waals surface area (Å²) in [6.07, 6.45) is 0.109. The van der Waals surface area contributed by atoms with Crippen LogP contribution < -0.4 is 19.7 Å². The first-order valence-corrected chi connectivity index (χ1v) is 12.2. The number of nitrogens with zero attached hydrogens (tertiary/aromatic N) is 1. The Bertz CT molecular complexity index is 1310. The van der Waals surface area contributed by atoms with Crippen molar-refractivity contribution in [2.24, 2.45) is 5.92 Å². The number of aryl methyl sites for hydroxylation is 1. The number of benzene rings is 3. The van der Waals surface area contributed by atoms with E-state index in [9.17, 15) is 18.0 Å². The molecule has 1 saturated heterocycles. The fraction of sp³-hybridized carbons (Fsp3) is 0.200. The number of ether oxygens (including phenoxy) is 1. The van der Waals surface area contributed by atoms with Crippen molar-refractivity contribution in [2.75, 3.05) is 28.6 Å². The first kappa shape index (κ1) is 23.3. The van der Waals surface area contributed by atoms with Gasteiger partial charge in [0.1, 0.15) is 5.75 Å². The zero-order valence-electron chi connectivity index (χ0n) is 18.8. The summed E-state index contributed by atoms with van der Waals surface area (Å²) in [4.78, 5) is 27.0. The number of hydrogen-bond donors (Lipinski definition) is 2. The summed E-state index contributed by atoms with van der Waals surface area (Å²) in [7, 11) is -2.16. The molecule has 1 unspecified atom stereocenters. The van der Waals surface area contributed by atoms with Crippen LogP contribution in [0.3, 0.4) is 0 Å². The molecule has 0 spiro atoms. The molecule has 3 aromatic rings. The summed E-state index contributed by atoms with van der Waals surface area (Å²) in [5.41, 5.74) is 2.54. The van der Waals surface area contributed by atoms with Crippen molar-refractivity contribution in [3.63, 3.8) is 0 Å². The monoisotopic (exact) mass is 479 g/mol. The average Bonchev–Trinajstić information content (AvgIpc) is 3.22. The van der Waals surface area contributed by atoms with Crippen LogP contribution in [0.5, 0.6) is 5.75 Å². The molecule has 1 aliphatic rings. The smallest absolute Gasteiger partial charge is 0.261 e. The number of carbonyl (C=O) groups excluding carboxylic acids is 2. The summed E-state index contributed by atoms with van der Waals surface area (Å²) in [6.45, 7) is 2.15. The van der Waals surface area contributed by atoms with E-state index < -0.39 is 15.9 Å². The van der Waals surface area contributed by atoms with Gasteiger partial charge in [-0.2, -0.15) is 0 Å². The second-order valence-corrected chi connectivity index (χ2v) is 9.77. The summed E-state index contributed by atoms with van der Waals surface area (Å²) < 4.78 is 32.8. The van der Waals surface area contributed by atoms with Crippen LogP contribution >= 0.6 is 0 Å². The molecule has 1 fully saturated rings. The number of sulfonamides is 1. The van der Waals surface area contributed by atoms with Gasteiger partial charge in [0.25, 0.3) is 10.0 Å². The highest BCUT2D eigenvalue weighted by Gasteiger charge is 2.35. The zero-order chi connectivity index (χ0) is 24.3. The topological polar surface area (TPSA) is 105 Å². The highest BCUT2D eigenvalue weighted by atomic mass is 32.2. The van der Waals surface area contributed by atoms with Gasteiger partial charge in [0.2, 0.25) is 11.8 Å². The molecule has 8 nitrogen and oxygen atoms in total. The molecular weight excluding hydrogens is 454 g/mol. The van der Waals surface area contributed by atoms with Gasteiger partial charge in [0.15, 0.2) is 0 Å². The molecular formula is C25H25N3O5S. The standard InChI is InChI=1S/C25H25N3O5S/c1-17-6-12-23(13-7-17)34(31,32)27-20-10-8-19(9-11-20)26-25(30)18-14-24(29)28(16-18)21-4-3-5-22(15-21)33-2/h3-13,15,18,27H,14,16H2,1-2H3,(H,26,30). The lowest BCUT2D eigenvalue weighted by Gasteiger charge is -2.17. The summed E-state index contributed by atoms with van der Waals surface area (Å²) >= 11 is 0. The van der Waals surface area contributed by atoms with Crippen molar-refractivity contribution in [1.29, 1.82) is 0 Å². The van der Waals surface area contributed by atoms with E-state index in [1.165, 1.54) is 0 Å². The minimum Gasteiger partial charge on any atom is -0.497 e. The molecule has 0 aliphatic carbocycles. The van der Waals surface area contributed by atoms with E-state index in [4.69, 9.17) is 4.74 Å². The quantitative estimate of drug-likeness (QED) is 0.536. The molecule has 2 amide bonds. The van der Waals surface area contributed by atoms with E-state index in [0.717, 1.165) is 5.56 Å². The Hall–Kier alpha value is -3.85. The third kappa shape index (κ3) is 5.20. The van der Waals surface area contributed by atoms with Gasteiger partial charge in [0.05, 0.1) is 17.9 Å². The van der Waals surface area contributed by atoms with Crippen LogP contribution in [-0.4, -0.2) is 33.9 Å². The number of anilines is 3. The maximum absolute atomic E-state index is 12.8. The van der Waals surface area contributed by atoms with E-state index in [0.29, 0.717) is 22.8 Å². The predicted octanol–water partition coefficient (Wildman–Crippen LogP) is 3.80. The molecule has 34 heavy (non-hydrogen) atoms. The number of amides is 2. The van der Waals surface area contributed by atoms with E-state index in [1.807, 2.05) is 6.92 Å². The minimum atomic E-state index is -3.71. The van der Waals surface area contributed by atoms with Gasteiger partial charge in [-0.05, 0) is 55.5 Å². The van der Waals surface area contributed by atoms with Crippen LogP contribution in [0.4, 0.5) is 17.1 Å². The molecule has 3 aromatic carbocycles. The van der Waals surface area contributed by atoms with Crippen LogP contribution in [0.25, 0.3) is 0 Å². The largest absolute Gasteiger partial charge is 0.497 e. The van der Waals surface area contributed by atoms with Crippen molar-refractivity contribution < 1.29 is 22.7 Å². The molecule has 176 valence electrons. The minimum absolute atomic E-state index is 0.109. The van der Waals surface area contributed by atoms with Gasteiger partial charge in [-0.15, -0.1) is 0 Å². The summed E-state index contributed by atoms with van der Waals surface area (Å²) in [5, 5.41) is 2.81. The lowest BCUT2D eigenvalue weighted by molar-refractivity contribution is -0.122. The molecule has 1 aliphatic heterocycles. The Morgan fingerprint density at radius 3 is 2.35 bits per heavy atom. The van der Waals surface area contributed by atoms with Crippen molar-refractivity contribution in [3.8, 4) is 5.75 Å². The molecule has 0 saturated carbocycles. The SMILES string of the molecule is COc1cccc(N2CC(C(=O)Nc3ccc(NS(=O)(=O)c4ccc(C)cc4)cc3)CC2=O)c1. The van der Waals surface area contributed by atoms with Crippen molar-refractivity contribution in [1.82, 2.24) is 0 Å². The molecule has 0 radical (unpaired) electrons. The number of hydrogen-bond acceptors (Lipinski definition) is 5. The Balaban J connectivity index is 1.38. The average molecular weight is 480 g/mol. The molecule has 1 heterocycles. The fourth-order valence-electron chi connectivity index (χ4n) is 3.71. The molecule has 4 rings (SSSR count). The van der Waals surface area contributed by atoms with Gasteiger partial charge in [-0.1, -0.05) is 23.8 Å². The van der Waals surface area contributed by atoms with Crippen LogP contribution in [0.15, 0.2) is 77.7 Å². The van der Waals surface area contributed by atoms with E-state index in [1.54, 1.807) is 84.8 Å². The van der Waals surface area contributed by atoms with Gasteiger partial charge >= 0.3 is 0 Å². The zero-order valence-corrected chi connectivity index (χ0v) is 19.6. The van der Waals surface area contributed by atoms with Gasteiger partial charge < -0.3 is 15.0 Å². The molecule has 0 bridgehead atoms. The lowest BCUT2D eigenvalue weighted by Crippen LogP contribution is -2.28.